The minimum absolute atomic E-state index is 0.643. The van der Waals surface area contributed by atoms with E-state index < -0.39 is 0 Å². The molecule has 4 nitrogen and oxygen atoms in total. The molecule has 2 aliphatic rings. The van der Waals surface area contributed by atoms with Crippen molar-refractivity contribution in [3.8, 4) is 0 Å². The predicted octanol–water partition coefficient (Wildman–Crippen LogP) is 1.18. The van der Waals surface area contributed by atoms with Gasteiger partial charge in [0.1, 0.15) is 5.82 Å². The fraction of sp³-hybridized carbons (Fsp3) is 0.800. The number of rotatable bonds is 3. The molecule has 3 rings (SSSR count). The van der Waals surface area contributed by atoms with Crippen LogP contribution in [0.15, 0.2) is 0 Å². The molecule has 1 aromatic rings. The Morgan fingerprint density at radius 1 is 1.33 bits per heavy atom. The minimum Gasteiger partial charge on any atom is -0.340 e. The van der Waals surface area contributed by atoms with E-state index in [0.29, 0.717) is 6.04 Å². The smallest absolute Gasteiger partial charge is 0.205 e. The molecule has 1 atom stereocenters. The topological polar surface area (TPSA) is 41.1 Å². The number of hydrogen-bond donors (Lipinski definition) is 1. The van der Waals surface area contributed by atoms with Gasteiger partial charge in [-0.2, -0.15) is 4.37 Å². The second-order valence-electron chi connectivity index (χ2n) is 4.41. The average molecular weight is 224 g/mol. The van der Waals surface area contributed by atoms with Crippen LogP contribution in [0.4, 0.5) is 5.13 Å². The van der Waals surface area contributed by atoms with E-state index in [2.05, 4.69) is 19.6 Å². The van der Waals surface area contributed by atoms with Gasteiger partial charge >= 0.3 is 0 Å². The Bertz CT molecular complexity index is 341. The lowest BCUT2D eigenvalue weighted by atomic mass is 10.2. The maximum absolute atomic E-state index is 4.52. The van der Waals surface area contributed by atoms with Gasteiger partial charge in [0.15, 0.2) is 0 Å². The fourth-order valence-electron chi connectivity index (χ4n) is 2.23. The monoisotopic (exact) mass is 224 g/mol. The van der Waals surface area contributed by atoms with Crippen molar-refractivity contribution in [3.05, 3.63) is 5.82 Å². The number of aromatic nitrogens is 2. The second kappa shape index (κ2) is 3.72. The number of anilines is 1. The molecule has 0 amide bonds. The highest BCUT2D eigenvalue weighted by atomic mass is 32.1. The Labute approximate surface area is 93.9 Å². The first kappa shape index (κ1) is 9.54. The van der Waals surface area contributed by atoms with E-state index in [1.807, 2.05) is 6.92 Å². The van der Waals surface area contributed by atoms with Crippen LogP contribution in [0, 0.1) is 6.92 Å². The molecule has 82 valence electrons. The van der Waals surface area contributed by atoms with Gasteiger partial charge in [-0.25, -0.2) is 4.98 Å². The summed E-state index contributed by atoms with van der Waals surface area (Å²) in [5.74, 6) is 0.909. The molecule has 1 aliphatic carbocycles. The van der Waals surface area contributed by atoms with Crippen molar-refractivity contribution in [2.75, 3.05) is 18.0 Å². The van der Waals surface area contributed by atoms with E-state index in [1.165, 1.54) is 19.3 Å². The summed E-state index contributed by atoms with van der Waals surface area (Å²) < 4.78 is 4.29. The van der Waals surface area contributed by atoms with Crippen LogP contribution in [0.2, 0.25) is 0 Å². The highest BCUT2D eigenvalue weighted by Crippen LogP contribution is 2.35. The maximum atomic E-state index is 4.52. The number of hydrogen-bond acceptors (Lipinski definition) is 5. The molecule has 2 heterocycles. The van der Waals surface area contributed by atoms with Crippen LogP contribution in [0.5, 0.6) is 0 Å². The molecule has 1 aromatic heterocycles. The summed E-state index contributed by atoms with van der Waals surface area (Å²) in [6.07, 6.45) is 3.90. The highest BCUT2D eigenvalue weighted by Gasteiger charge is 2.36. The molecule has 2 fully saturated rings. The zero-order valence-electron chi connectivity index (χ0n) is 8.94. The first-order valence-corrected chi connectivity index (χ1v) is 6.41. The van der Waals surface area contributed by atoms with Gasteiger partial charge < -0.3 is 10.2 Å². The quantitative estimate of drug-likeness (QED) is 0.837. The third-order valence-electron chi connectivity index (χ3n) is 3.11. The van der Waals surface area contributed by atoms with Crippen LogP contribution in [0.3, 0.4) is 0 Å². The summed E-state index contributed by atoms with van der Waals surface area (Å²) in [4.78, 5) is 7.03. The van der Waals surface area contributed by atoms with Crippen molar-refractivity contribution in [2.24, 2.45) is 0 Å². The van der Waals surface area contributed by atoms with Crippen LogP contribution in [0.1, 0.15) is 25.1 Å². The maximum Gasteiger partial charge on any atom is 0.205 e. The third kappa shape index (κ3) is 1.86. The van der Waals surface area contributed by atoms with E-state index >= 15 is 0 Å². The van der Waals surface area contributed by atoms with Gasteiger partial charge in [0, 0.05) is 30.2 Å². The van der Waals surface area contributed by atoms with Crippen molar-refractivity contribution < 1.29 is 0 Å². The van der Waals surface area contributed by atoms with Crippen LogP contribution in [-0.4, -0.2) is 34.5 Å². The number of nitrogens with one attached hydrogen (secondary N) is 1. The van der Waals surface area contributed by atoms with Crippen molar-refractivity contribution in [3.63, 3.8) is 0 Å². The van der Waals surface area contributed by atoms with E-state index in [-0.39, 0.29) is 0 Å². The Balaban J connectivity index is 1.83. The molecule has 1 saturated carbocycles. The fourth-order valence-corrected chi connectivity index (χ4v) is 3.05. The molecule has 0 spiro atoms. The highest BCUT2D eigenvalue weighted by molar-refractivity contribution is 7.09. The summed E-state index contributed by atoms with van der Waals surface area (Å²) in [6, 6.07) is 1.38. The molecule has 0 radical (unpaired) electrons. The zero-order valence-corrected chi connectivity index (χ0v) is 9.76. The Hall–Kier alpha value is -0.680. The van der Waals surface area contributed by atoms with E-state index in [4.69, 9.17) is 0 Å². The molecule has 1 N–H and O–H groups in total. The predicted molar refractivity (Wildman–Crippen MR) is 61.4 cm³/mol. The van der Waals surface area contributed by atoms with Gasteiger partial charge in [0.2, 0.25) is 5.13 Å². The van der Waals surface area contributed by atoms with Gasteiger partial charge in [0.05, 0.1) is 0 Å². The van der Waals surface area contributed by atoms with E-state index in [1.54, 1.807) is 11.5 Å². The summed E-state index contributed by atoms with van der Waals surface area (Å²) >= 11 is 1.55. The van der Waals surface area contributed by atoms with Crippen LogP contribution in [0.25, 0.3) is 0 Å². The van der Waals surface area contributed by atoms with Crippen molar-refractivity contribution in [1.82, 2.24) is 14.7 Å². The van der Waals surface area contributed by atoms with Gasteiger partial charge in [-0.15, -0.1) is 0 Å². The summed E-state index contributed by atoms with van der Waals surface area (Å²) in [5.41, 5.74) is 0. The molecule has 15 heavy (non-hydrogen) atoms. The Morgan fingerprint density at radius 3 is 2.73 bits per heavy atom. The lowest BCUT2D eigenvalue weighted by molar-refractivity contribution is 0.626. The van der Waals surface area contributed by atoms with Crippen LogP contribution >= 0.6 is 11.5 Å². The SMILES string of the molecule is Cc1nsc(N(C2CC2)C2CCNC2)n1. The minimum atomic E-state index is 0.643. The molecular formula is C10H16N4S. The second-order valence-corrected chi connectivity index (χ2v) is 5.14. The van der Waals surface area contributed by atoms with Gasteiger partial charge in [-0.1, -0.05) is 0 Å². The summed E-state index contributed by atoms with van der Waals surface area (Å²) in [6.45, 7) is 4.22. The van der Waals surface area contributed by atoms with Gasteiger partial charge in [-0.3, -0.25) is 0 Å². The molecule has 1 saturated heterocycles. The summed E-state index contributed by atoms with van der Waals surface area (Å²) in [5, 5.41) is 4.56. The lowest BCUT2D eigenvalue weighted by Crippen LogP contribution is -2.38. The third-order valence-corrected chi connectivity index (χ3v) is 3.93. The normalized spacial score (nSPS) is 25.8. The van der Waals surface area contributed by atoms with Gasteiger partial charge in [0.25, 0.3) is 0 Å². The standard InChI is InChI=1S/C10H16N4S/c1-7-12-10(15-13-7)14(8-2-3-8)9-4-5-11-6-9/h8-9,11H,2-6H2,1H3. The zero-order chi connectivity index (χ0) is 10.3. The Kier molecular flexibility index (Phi) is 2.36. The van der Waals surface area contributed by atoms with E-state index in [0.717, 1.165) is 30.1 Å². The number of nitrogens with zero attached hydrogens (tertiary/aromatic N) is 3. The van der Waals surface area contributed by atoms with Crippen LogP contribution in [-0.2, 0) is 0 Å². The van der Waals surface area contributed by atoms with Crippen molar-refractivity contribution in [1.29, 1.82) is 0 Å². The molecule has 1 aliphatic heterocycles. The molecule has 5 heteroatoms. The average Bonchev–Trinajstić information content (AvgIpc) is 2.74. The number of aryl methyl sites for hydroxylation is 1. The summed E-state index contributed by atoms with van der Waals surface area (Å²) in [7, 11) is 0. The largest absolute Gasteiger partial charge is 0.340 e. The first-order valence-electron chi connectivity index (χ1n) is 5.64. The lowest BCUT2D eigenvalue weighted by Gasteiger charge is -2.27. The van der Waals surface area contributed by atoms with Gasteiger partial charge in [-0.05, 0) is 32.7 Å². The van der Waals surface area contributed by atoms with E-state index in [9.17, 15) is 0 Å². The molecular weight excluding hydrogens is 208 g/mol. The van der Waals surface area contributed by atoms with Crippen molar-refractivity contribution in [2.45, 2.75) is 38.3 Å². The molecule has 0 aromatic carbocycles. The van der Waals surface area contributed by atoms with Crippen LogP contribution < -0.4 is 10.2 Å². The Morgan fingerprint density at radius 2 is 2.20 bits per heavy atom. The first-order chi connectivity index (χ1) is 7.34. The van der Waals surface area contributed by atoms with Crippen molar-refractivity contribution >= 4 is 16.7 Å². The molecule has 0 bridgehead atoms. The molecule has 1 unspecified atom stereocenters.